The zero-order chi connectivity index (χ0) is 30.9. The smallest absolute Gasteiger partial charge is 0.136 e. The molecule has 1 aliphatic carbocycles. The number of nitrogens with zero attached hydrogens (tertiary/aromatic N) is 1. The summed E-state index contributed by atoms with van der Waals surface area (Å²) in [6, 6.07) is 45.3. The van der Waals surface area contributed by atoms with Gasteiger partial charge in [-0.15, -0.1) is 0 Å². The van der Waals surface area contributed by atoms with Gasteiger partial charge in [0.25, 0.3) is 0 Å². The zero-order valence-corrected chi connectivity index (χ0v) is 25.6. The van der Waals surface area contributed by atoms with Crippen LogP contribution in [-0.2, 0) is 0 Å². The van der Waals surface area contributed by atoms with Crippen LogP contribution in [0.4, 0.5) is 17.1 Å². The fourth-order valence-electron chi connectivity index (χ4n) is 7.42. The Labute approximate surface area is 271 Å². The van der Waals surface area contributed by atoms with Gasteiger partial charge in [-0.1, -0.05) is 85.0 Å². The Morgan fingerprint density at radius 2 is 1.23 bits per heavy atom. The average molecular weight is 607 g/mol. The first-order valence-corrected chi connectivity index (χ1v) is 16.3. The first-order valence-electron chi connectivity index (χ1n) is 16.3. The summed E-state index contributed by atoms with van der Waals surface area (Å²) >= 11 is 0. The van der Waals surface area contributed by atoms with E-state index in [1.807, 2.05) is 18.2 Å². The number of furan rings is 2. The minimum Gasteiger partial charge on any atom is -0.456 e. The van der Waals surface area contributed by atoms with E-state index in [1.165, 1.54) is 39.3 Å². The van der Waals surface area contributed by atoms with Crippen LogP contribution in [0.15, 0.2) is 160 Å². The van der Waals surface area contributed by atoms with Crippen molar-refractivity contribution < 1.29 is 8.83 Å². The van der Waals surface area contributed by atoms with E-state index >= 15 is 0 Å². The number of rotatable bonds is 4. The van der Waals surface area contributed by atoms with Gasteiger partial charge in [0.05, 0.1) is 11.4 Å². The van der Waals surface area contributed by atoms with Gasteiger partial charge < -0.3 is 19.1 Å². The van der Waals surface area contributed by atoms with E-state index in [2.05, 4.69) is 138 Å². The SMILES string of the molecule is C1=CCCC(C2Nc3ccccc3N2c2ccc(-c3cccc(-c4ccc5oc6cc7c(cc6c5c4)oc4ccccc47)c3)cc2)=C1. The van der Waals surface area contributed by atoms with Crippen molar-refractivity contribution in [3.05, 3.63) is 151 Å². The highest BCUT2D eigenvalue weighted by Gasteiger charge is 2.32. The summed E-state index contributed by atoms with van der Waals surface area (Å²) in [6.45, 7) is 0. The lowest BCUT2D eigenvalue weighted by Gasteiger charge is -2.30. The molecule has 2 aromatic heterocycles. The van der Waals surface area contributed by atoms with E-state index in [0.29, 0.717) is 0 Å². The minimum absolute atomic E-state index is 0.114. The van der Waals surface area contributed by atoms with Crippen LogP contribution in [0.5, 0.6) is 0 Å². The Balaban J connectivity index is 0.998. The number of allylic oxidation sites excluding steroid dienone is 3. The monoisotopic (exact) mass is 606 g/mol. The van der Waals surface area contributed by atoms with E-state index < -0.39 is 0 Å². The second-order valence-corrected chi connectivity index (χ2v) is 12.5. The van der Waals surface area contributed by atoms with Crippen LogP contribution in [0.3, 0.4) is 0 Å². The highest BCUT2D eigenvalue weighted by atomic mass is 16.3. The summed E-state index contributed by atoms with van der Waals surface area (Å²) in [6.07, 6.45) is 8.95. The summed E-state index contributed by atoms with van der Waals surface area (Å²) in [7, 11) is 0. The summed E-state index contributed by atoms with van der Waals surface area (Å²) in [5.41, 5.74) is 13.2. The van der Waals surface area contributed by atoms with E-state index in [0.717, 1.165) is 62.3 Å². The quantitative estimate of drug-likeness (QED) is 0.216. The Morgan fingerprint density at radius 3 is 2.06 bits per heavy atom. The van der Waals surface area contributed by atoms with Crippen molar-refractivity contribution in [2.24, 2.45) is 0 Å². The lowest BCUT2D eigenvalue weighted by molar-refractivity contribution is 0.664. The van der Waals surface area contributed by atoms with Crippen LogP contribution in [0.1, 0.15) is 12.8 Å². The number of anilines is 3. The summed E-state index contributed by atoms with van der Waals surface area (Å²) < 4.78 is 12.5. The normalized spacial score (nSPS) is 15.9. The fraction of sp³-hybridized carbons (Fsp3) is 0.0698. The molecule has 224 valence electrons. The molecule has 0 bridgehead atoms. The van der Waals surface area contributed by atoms with Crippen molar-refractivity contribution in [2.45, 2.75) is 19.0 Å². The molecule has 1 aliphatic heterocycles. The van der Waals surface area contributed by atoms with Crippen LogP contribution in [0.25, 0.3) is 66.1 Å². The largest absolute Gasteiger partial charge is 0.456 e. The van der Waals surface area contributed by atoms with Gasteiger partial charge in [-0.2, -0.15) is 0 Å². The number of fused-ring (bicyclic) bond motifs is 7. The zero-order valence-electron chi connectivity index (χ0n) is 25.6. The van der Waals surface area contributed by atoms with Crippen LogP contribution >= 0.6 is 0 Å². The molecule has 0 fully saturated rings. The molecule has 4 heteroatoms. The topological polar surface area (TPSA) is 41.5 Å². The molecule has 1 atom stereocenters. The Morgan fingerprint density at radius 1 is 0.553 bits per heavy atom. The average Bonchev–Trinajstić information content (AvgIpc) is 3.82. The molecule has 10 rings (SSSR count). The third kappa shape index (κ3) is 4.22. The van der Waals surface area contributed by atoms with Gasteiger partial charge in [-0.3, -0.25) is 0 Å². The predicted octanol–water partition coefficient (Wildman–Crippen LogP) is 12.0. The van der Waals surface area contributed by atoms with Crippen LogP contribution in [-0.4, -0.2) is 6.17 Å². The molecule has 6 aromatic carbocycles. The molecule has 1 N–H and O–H groups in total. The third-order valence-electron chi connectivity index (χ3n) is 9.75. The number of hydrogen-bond donors (Lipinski definition) is 1. The van der Waals surface area contributed by atoms with E-state index in [4.69, 9.17) is 8.83 Å². The second-order valence-electron chi connectivity index (χ2n) is 12.5. The first kappa shape index (κ1) is 26.2. The molecule has 4 nitrogen and oxygen atoms in total. The number of benzene rings is 6. The van der Waals surface area contributed by atoms with Gasteiger partial charge in [0.1, 0.15) is 28.5 Å². The summed E-state index contributed by atoms with van der Waals surface area (Å²) in [4.78, 5) is 2.43. The molecule has 0 amide bonds. The van der Waals surface area contributed by atoms with Crippen LogP contribution < -0.4 is 10.2 Å². The van der Waals surface area contributed by atoms with Gasteiger partial charge in [-0.05, 0) is 101 Å². The number of para-hydroxylation sites is 3. The van der Waals surface area contributed by atoms with Gasteiger partial charge >= 0.3 is 0 Å². The highest BCUT2D eigenvalue weighted by molar-refractivity contribution is 6.15. The lowest BCUT2D eigenvalue weighted by Crippen LogP contribution is -2.34. The van der Waals surface area contributed by atoms with Crippen molar-refractivity contribution in [2.75, 3.05) is 10.2 Å². The standard InChI is InChI=1S/C43H30N2O2/c1-2-9-28(10-3-1)43-44-37-14-5-6-15-38(37)45(43)32-20-17-27(18-21-32)29-11-8-12-30(23-29)31-19-22-40-34(24-31)36-26-41-35(25-42(36)47-40)33-13-4-7-16-39(33)46-41/h1-2,4-9,11-26,43-44H,3,10H2. The molecular formula is C43H30N2O2. The van der Waals surface area contributed by atoms with Gasteiger partial charge in [0.15, 0.2) is 0 Å². The molecule has 3 heterocycles. The molecular weight excluding hydrogens is 576 g/mol. The molecule has 0 spiro atoms. The van der Waals surface area contributed by atoms with Crippen molar-refractivity contribution >= 4 is 60.9 Å². The molecule has 1 unspecified atom stereocenters. The van der Waals surface area contributed by atoms with Crippen molar-refractivity contribution in [3.8, 4) is 22.3 Å². The van der Waals surface area contributed by atoms with Gasteiger partial charge in [0, 0.05) is 27.2 Å². The highest BCUT2D eigenvalue weighted by Crippen LogP contribution is 2.44. The Hall–Kier alpha value is -6.00. The van der Waals surface area contributed by atoms with Crippen molar-refractivity contribution in [1.29, 1.82) is 0 Å². The van der Waals surface area contributed by atoms with E-state index in [9.17, 15) is 0 Å². The molecule has 0 saturated carbocycles. The van der Waals surface area contributed by atoms with Crippen molar-refractivity contribution in [1.82, 2.24) is 0 Å². The van der Waals surface area contributed by atoms with E-state index in [-0.39, 0.29) is 6.17 Å². The Bertz CT molecular complexity index is 2570. The minimum atomic E-state index is 0.114. The van der Waals surface area contributed by atoms with Gasteiger partial charge in [-0.25, -0.2) is 0 Å². The lowest BCUT2D eigenvalue weighted by atomic mass is 9.97. The maximum Gasteiger partial charge on any atom is 0.136 e. The molecule has 47 heavy (non-hydrogen) atoms. The maximum atomic E-state index is 6.33. The summed E-state index contributed by atoms with van der Waals surface area (Å²) in [5.74, 6) is 0. The third-order valence-corrected chi connectivity index (χ3v) is 9.75. The number of nitrogens with one attached hydrogen (secondary N) is 1. The van der Waals surface area contributed by atoms with E-state index in [1.54, 1.807) is 0 Å². The summed E-state index contributed by atoms with van der Waals surface area (Å²) in [5, 5.41) is 8.12. The van der Waals surface area contributed by atoms with Crippen molar-refractivity contribution in [3.63, 3.8) is 0 Å². The molecule has 2 aliphatic rings. The Kier molecular flexibility index (Phi) is 5.73. The van der Waals surface area contributed by atoms with Gasteiger partial charge in [0.2, 0.25) is 0 Å². The fourth-order valence-corrected chi connectivity index (χ4v) is 7.42. The van der Waals surface area contributed by atoms with Crippen LogP contribution in [0.2, 0.25) is 0 Å². The number of hydrogen-bond acceptors (Lipinski definition) is 4. The molecule has 0 radical (unpaired) electrons. The first-order chi connectivity index (χ1) is 23.3. The second kappa shape index (κ2) is 10.3. The molecule has 8 aromatic rings. The molecule has 0 saturated heterocycles. The maximum absolute atomic E-state index is 6.33. The predicted molar refractivity (Wildman–Crippen MR) is 194 cm³/mol. The van der Waals surface area contributed by atoms with Crippen LogP contribution in [0, 0.1) is 0 Å².